The Morgan fingerprint density at radius 2 is 2.00 bits per heavy atom. The number of amides is 1. The summed E-state index contributed by atoms with van der Waals surface area (Å²) in [5.74, 6) is 1.52. The van der Waals surface area contributed by atoms with Gasteiger partial charge in [0, 0.05) is 18.9 Å². The molecule has 3 rings (SSSR count). The molecule has 0 bridgehead atoms. The summed E-state index contributed by atoms with van der Waals surface area (Å²) >= 11 is 6.16. The number of rotatable bonds is 7. The zero-order valence-electron chi connectivity index (χ0n) is 14.7. The smallest absolute Gasteiger partial charge is 0.249 e. The number of benzene rings is 1. The van der Waals surface area contributed by atoms with E-state index in [9.17, 15) is 4.79 Å². The molecule has 0 N–H and O–H groups in total. The number of halogens is 1. The molecule has 0 atom stereocenters. The number of carbonyl (C=O) groups excluding carboxylic acids is 1. The summed E-state index contributed by atoms with van der Waals surface area (Å²) in [4.78, 5) is 14.3. The molecular weight excluding hydrogens is 354 g/mol. The van der Waals surface area contributed by atoms with Gasteiger partial charge in [0.1, 0.15) is 5.76 Å². The first-order valence-corrected chi connectivity index (χ1v) is 8.81. The Hall–Kier alpha value is -2.60. The number of nitrogens with zero attached hydrogens (tertiary/aromatic N) is 3. The zero-order chi connectivity index (χ0) is 18.5. The number of carbonyl (C=O) groups is 1. The molecule has 0 aliphatic rings. The third-order valence-corrected chi connectivity index (χ3v) is 4.32. The second-order valence-electron chi connectivity index (χ2n) is 6.18. The minimum atomic E-state index is 0.00823. The van der Waals surface area contributed by atoms with E-state index in [1.165, 1.54) is 0 Å². The highest BCUT2D eigenvalue weighted by molar-refractivity contribution is 6.33. The van der Waals surface area contributed by atoms with Gasteiger partial charge >= 0.3 is 0 Å². The van der Waals surface area contributed by atoms with Gasteiger partial charge in [0.05, 0.1) is 23.4 Å². The molecule has 0 aliphatic heterocycles. The van der Waals surface area contributed by atoms with Crippen molar-refractivity contribution in [2.45, 2.75) is 39.3 Å². The van der Waals surface area contributed by atoms with Crippen LogP contribution >= 0.6 is 11.6 Å². The number of furan rings is 1. The van der Waals surface area contributed by atoms with Crippen molar-refractivity contribution in [1.29, 1.82) is 0 Å². The van der Waals surface area contributed by atoms with Crippen molar-refractivity contribution in [3.63, 3.8) is 0 Å². The summed E-state index contributed by atoms with van der Waals surface area (Å²) in [7, 11) is 0. The molecule has 3 aromatic rings. The third-order valence-electron chi connectivity index (χ3n) is 3.99. The van der Waals surface area contributed by atoms with Crippen molar-refractivity contribution in [2.75, 3.05) is 0 Å². The minimum Gasteiger partial charge on any atom is -0.469 e. The predicted octanol–water partition coefficient (Wildman–Crippen LogP) is 4.35. The van der Waals surface area contributed by atoms with Gasteiger partial charge in [-0.05, 0) is 38.1 Å². The molecule has 2 aromatic heterocycles. The molecule has 136 valence electrons. The quantitative estimate of drug-likeness (QED) is 0.615. The number of hydrogen-bond acceptors (Lipinski definition) is 5. The van der Waals surface area contributed by atoms with Crippen LogP contribution in [-0.4, -0.2) is 27.0 Å². The Bertz CT molecular complexity index is 859. The summed E-state index contributed by atoms with van der Waals surface area (Å²) in [5.41, 5.74) is 0.674. The second-order valence-corrected chi connectivity index (χ2v) is 6.58. The molecule has 0 spiro atoms. The third kappa shape index (κ3) is 4.32. The average Bonchev–Trinajstić information content (AvgIpc) is 3.29. The molecule has 0 saturated carbocycles. The van der Waals surface area contributed by atoms with Crippen molar-refractivity contribution in [3.05, 3.63) is 59.3 Å². The van der Waals surface area contributed by atoms with E-state index in [2.05, 4.69) is 10.2 Å². The molecule has 2 heterocycles. The van der Waals surface area contributed by atoms with Crippen molar-refractivity contribution in [2.24, 2.45) is 0 Å². The minimum absolute atomic E-state index is 0.00823. The first-order chi connectivity index (χ1) is 12.5. The van der Waals surface area contributed by atoms with Crippen LogP contribution in [0.5, 0.6) is 0 Å². The summed E-state index contributed by atoms with van der Waals surface area (Å²) < 4.78 is 11.0. The Morgan fingerprint density at radius 3 is 2.69 bits per heavy atom. The van der Waals surface area contributed by atoms with Crippen LogP contribution in [0.2, 0.25) is 5.02 Å². The lowest BCUT2D eigenvalue weighted by Crippen LogP contribution is -2.36. The first-order valence-electron chi connectivity index (χ1n) is 8.43. The lowest BCUT2D eigenvalue weighted by molar-refractivity contribution is -0.133. The van der Waals surface area contributed by atoms with E-state index in [0.717, 1.165) is 5.76 Å². The lowest BCUT2D eigenvalue weighted by Gasteiger charge is -2.25. The lowest BCUT2D eigenvalue weighted by atomic mass is 10.2. The Kier molecular flexibility index (Phi) is 5.73. The molecule has 26 heavy (non-hydrogen) atoms. The van der Waals surface area contributed by atoms with Crippen LogP contribution in [-0.2, 0) is 17.8 Å². The number of aryl methyl sites for hydroxylation is 1. The maximum Gasteiger partial charge on any atom is 0.249 e. The van der Waals surface area contributed by atoms with Crippen LogP contribution in [0.1, 0.15) is 31.9 Å². The molecule has 1 aromatic carbocycles. The van der Waals surface area contributed by atoms with Gasteiger partial charge in [0.15, 0.2) is 0 Å². The van der Waals surface area contributed by atoms with Crippen LogP contribution in [0.25, 0.3) is 11.5 Å². The monoisotopic (exact) mass is 373 g/mol. The van der Waals surface area contributed by atoms with Gasteiger partial charge in [-0.25, -0.2) is 0 Å². The van der Waals surface area contributed by atoms with Gasteiger partial charge in [-0.2, -0.15) is 0 Å². The number of hydrogen-bond donors (Lipinski definition) is 0. The van der Waals surface area contributed by atoms with Crippen molar-refractivity contribution in [1.82, 2.24) is 15.1 Å². The maximum atomic E-state index is 12.6. The summed E-state index contributed by atoms with van der Waals surface area (Å²) in [6, 6.07) is 10.9. The van der Waals surface area contributed by atoms with Crippen LogP contribution in [0.3, 0.4) is 0 Å². The molecule has 6 nitrogen and oxygen atoms in total. The molecule has 0 radical (unpaired) electrons. The molecule has 0 aliphatic carbocycles. The predicted molar refractivity (Wildman–Crippen MR) is 97.5 cm³/mol. The van der Waals surface area contributed by atoms with E-state index in [0.29, 0.717) is 35.2 Å². The van der Waals surface area contributed by atoms with Gasteiger partial charge in [0.25, 0.3) is 0 Å². The fourth-order valence-corrected chi connectivity index (χ4v) is 2.81. The van der Waals surface area contributed by atoms with Gasteiger partial charge < -0.3 is 13.7 Å². The zero-order valence-corrected chi connectivity index (χ0v) is 15.4. The van der Waals surface area contributed by atoms with Crippen LogP contribution in [0.4, 0.5) is 0 Å². The normalized spacial score (nSPS) is 11.1. The van der Waals surface area contributed by atoms with Gasteiger partial charge in [-0.1, -0.05) is 23.7 Å². The second kappa shape index (κ2) is 8.19. The van der Waals surface area contributed by atoms with E-state index in [4.69, 9.17) is 20.4 Å². The molecule has 0 unspecified atom stereocenters. The van der Waals surface area contributed by atoms with Crippen molar-refractivity contribution < 1.29 is 13.6 Å². The van der Waals surface area contributed by atoms with E-state index in [-0.39, 0.29) is 18.5 Å². The van der Waals surface area contributed by atoms with Crippen molar-refractivity contribution in [3.8, 4) is 11.5 Å². The van der Waals surface area contributed by atoms with E-state index in [1.807, 2.05) is 44.2 Å². The molecule has 0 fully saturated rings. The number of aromatic nitrogens is 2. The van der Waals surface area contributed by atoms with E-state index >= 15 is 0 Å². The van der Waals surface area contributed by atoms with Crippen LogP contribution < -0.4 is 0 Å². The van der Waals surface area contributed by atoms with Gasteiger partial charge in [0.2, 0.25) is 17.7 Å². The molecule has 1 amide bonds. The van der Waals surface area contributed by atoms with Gasteiger partial charge in [-0.15, -0.1) is 10.2 Å². The SMILES string of the molecule is CC(C)N(Cc1nnc(-c2ccccc2Cl)o1)C(=O)CCc1ccco1. The largest absolute Gasteiger partial charge is 0.469 e. The summed E-state index contributed by atoms with van der Waals surface area (Å²) in [5, 5.41) is 8.65. The topological polar surface area (TPSA) is 72.4 Å². The maximum absolute atomic E-state index is 12.6. The van der Waals surface area contributed by atoms with E-state index < -0.39 is 0 Å². The first kappa shape index (κ1) is 18.2. The molecular formula is C19H20ClN3O3. The molecule has 0 saturated heterocycles. The molecule has 7 heteroatoms. The Labute approximate surface area is 156 Å². The average molecular weight is 374 g/mol. The fourth-order valence-electron chi connectivity index (χ4n) is 2.59. The van der Waals surface area contributed by atoms with Crippen LogP contribution in [0.15, 0.2) is 51.5 Å². The Morgan fingerprint density at radius 1 is 1.19 bits per heavy atom. The standard InChI is InChI=1S/C19H20ClN3O3/c1-13(2)23(18(24)10-9-14-6-5-11-25-14)12-17-21-22-19(26-17)15-7-3-4-8-16(15)20/h3-8,11,13H,9-10,12H2,1-2H3. The highest BCUT2D eigenvalue weighted by Crippen LogP contribution is 2.26. The highest BCUT2D eigenvalue weighted by Gasteiger charge is 2.21. The van der Waals surface area contributed by atoms with Crippen molar-refractivity contribution >= 4 is 17.5 Å². The highest BCUT2D eigenvalue weighted by atomic mass is 35.5. The fraction of sp³-hybridized carbons (Fsp3) is 0.316. The van der Waals surface area contributed by atoms with Gasteiger partial charge in [-0.3, -0.25) is 4.79 Å². The van der Waals surface area contributed by atoms with Crippen LogP contribution in [0, 0.1) is 0 Å². The summed E-state index contributed by atoms with van der Waals surface area (Å²) in [6.07, 6.45) is 2.52. The Balaban J connectivity index is 1.68. The van der Waals surface area contributed by atoms with E-state index in [1.54, 1.807) is 17.2 Å². The summed E-state index contributed by atoms with van der Waals surface area (Å²) in [6.45, 7) is 4.17.